The van der Waals surface area contributed by atoms with Gasteiger partial charge in [0.05, 0.1) is 18.0 Å². The summed E-state index contributed by atoms with van der Waals surface area (Å²) < 4.78 is 51.0. The largest absolute Gasteiger partial charge is 0.395 e. The van der Waals surface area contributed by atoms with Crippen LogP contribution in [0.2, 0.25) is 0 Å². The maximum atomic E-state index is 12.6. The van der Waals surface area contributed by atoms with Crippen molar-refractivity contribution in [2.75, 3.05) is 26.2 Å². The van der Waals surface area contributed by atoms with Gasteiger partial charge in [0.1, 0.15) is 0 Å². The molecule has 0 fully saturated rings. The molecule has 1 aromatic rings. The van der Waals surface area contributed by atoms with Gasteiger partial charge in [-0.3, -0.25) is 0 Å². The van der Waals surface area contributed by atoms with Crippen molar-refractivity contribution in [2.24, 2.45) is 0 Å². The van der Waals surface area contributed by atoms with Gasteiger partial charge in [-0.05, 0) is 30.2 Å². The third-order valence-corrected chi connectivity index (χ3v) is 5.36. The highest BCUT2D eigenvalue weighted by Gasteiger charge is 2.30. The predicted molar refractivity (Wildman–Crippen MR) is 73.7 cm³/mol. The first-order valence-electron chi connectivity index (χ1n) is 6.67. The minimum atomic E-state index is -4.03. The topological polar surface area (TPSA) is 69.6 Å². The van der Waals surface area contributed by atoms with E-state index in [-0.39, 0.29) is 11.4 Å². The number of benzene rings is 1. The van der Waals surface area contributed by atoms with E-state index in [1.54, 1.807) is 6.07 Å². The second-order valence-electron chi connectivity index (χ2n) is 4.80. The van der Waals surface area contributed by atoms with Gasteiger partial charge in [-0.25, -0.2) is 17.2 Å². The van der Waals surface area contributed by atoms with Gasteiger partial charge in [0.25, 0.3) is 6.43 Å². The number of alkyl halides is 2. The number of aliphatic hydroxyl groups excluding tert-OH is 1. The Hall–Kier alpha value is -1.09. The highest BCUT2D eigenvalue weighted by molar-refractivity contribution is 7.89. The van der Waals surface area contributed by atoms with E-state index in [0.717, 1.165) is 5.56 Å². The Bertz CT molecular complexity index is 593. The standard InChI is InChI=1S/C13H18F2N2O3S/c14-13(15)9-17(6-7-18)21(19,20)12-3-1-2-10-8-16-5-4-11(10)12/h1-3,13,16,18H,4-9H2. The molecule has 0 radical (unpaired) electrons. The summed E-state index contributed by atoms with van der Waals surface area (Å²) in [6, 6.07) is 4.87. The zero-order valence-electron chi connectivity index (χ0n) is 11.4. The molecule has 0 bridgehead atoms. The first-order valence-corrected chi connectivity index (χ1v) is 8.11. The number of halogens is 2. The summed E-state index contributed by atoms with van der Waals surface area (Å²) in [5.74, 6) is 0. The highest BCUT2D eigenvalue weighted by atomic mass is 32.2. The molecular formula is C13H18F2N2O3S. The van der Waals surface area contributed by atoms with Crippen LogP contribution in [0.1, 0.15) is 11.1 Å². The fraction of sp³-hybridized carbons (Fsp3) is 0.538. The van der Waals surface area contributed by atoms with Gasteiger partial charge < -0.3 is 10.4 Å². The maximum absolute atomic E-state index is 12.6. The van der Waals surface area contributed by atoms with Crippen molar-refractivity contribution in [3.63, 3.8) is 0 Å². The molecule has 0 unspecified atom stereocenters. The molecule has 0 saturated heterocycles. The third-order valence-electron chi connectivity index (χ3n) is 3.41. The second kappa shape index (κ2) is 6.78. The molecule has 5 nitrogen and oxygen atoms in total. The van der Waals surface area contributed by atoms with Gasteiger partial charge in [-0.1, -0.05) is 12.1 Å². The highest BCUT2D eigenvalue weighted by Crippen LogP contribution is 2.26. The lowest BCUT2D eigenvalue weighted by atomic mass is 10.0. The van der Waals surface area contributed by atoms with Crippen LogP contribution < -0.4 is 5.32 Å². The number of fused-ring (bicyclic) bond motifs is 1. The summed E-state index contributed by atoms with van der Waals surface area (Å²) in [6.45, 7) is -0.538. The van der Waals surface area contributed by atoms with Crippen molar-refractivity contribution in [3.05, 3.63) is 29.3 Å². The lowest BCUT2D eigenvalue weighted by Crippen LogP contribution is -2.38. The van der Waals surface area contributed by atoms with Gasteiger partial charge in [0, 0.05) is 13.1 Å². The smallest absolute Gasteiger partial charge is 0.252 e. The summed E-state index contributed by atoms with van der Waals surface area (Å²) in [6.07, 6.45) is -2.25. The first kappa shape index (κ1) is 16.3. The van der Waals surface area contributed by atoms with Crippen LogP contribution in [0.4, 0.5) is 8.78 Å². The Balaban J connectivity index is 2.42. The molecule has 2 N–H and O–H groups in total. The van der Waals surface area contributed by atoms with E-state index in [1.165, 1.54) is 6.07 Å². The van der Waals surface area contributed by atoms with Crippen molar-refractivity contribution in [1.29, 1.82) is 0 Å². The first-order chi connectivity index (χ1) is 9.96. The van der Waals surface area contributed by atoms with Gasteiger partial charge in [0.2, 0.25) is 10.0 Å². The Kier molecular flexibility index (Phi) is 5.26. The summed E-state index contributed by atoms with van der Waals surface area (Å²) in [4.78, 5) is 0.0654. The maximum Gasteiger partial charge on any atom is 0.252 e. The number of nitrogens with zero attached hydrogens (tertiary/aromatic N) is 1. The van der Waals surface area contributed by atoms with E-state index in [4.69, 9.17) is 5.11 Å². The van der Waals surface area contributed by atoms with E-state index in [9.17, 15) is 17.2 Å². The lowest BCUT2D eigenvalue weighted by molar-refractivity contribution is 0.113. The summed E-state index contributed by atoms with van der Waals surface area (Å²) >= 11 is 0. The normalized spacial score (nSPS) is 15.5. The molecule has 1 aliphatic rings. The van der Waals surface area contributed by atoms with Crippen LogP contribution in [-0.4, -0.2) is 50.5 Å². The number of aliphatic hydroxyl groups is 1. The van der Waals surface area contributed by atoms with Gasteiger partial charge in [0.15, 0.2) is 0 Å². The minimum Gasteiger partial charge on any atom is -0.395 e. The van der Waals surface area contributed by atoms with Crippen molar-refractivity contribution in [3.8, 4) is 0 Å². The Morgan fingerprint density at radius 1 is 1.38 bits per heavy atom. The second-order valence-corrected chi connectivity index (χ2v) is 6.70. The van der Waals surface area contributed by atoms with Crippen molar-refractivity contribution in [2.45, 2.75) is 24.3 Å². The van der Waals surface area contributed by atoms with Crippen molar-refractivity contribution < 1.29 is 22.3 Å². The Morgan fingerprint density at radius 2 is 2.14 bits per heavy atom. The molecule has 1 aliphatic heterocycles. The molecule has 0 spiro atoms. The van der Waals surface area contributed by atoms with E-state index < -0.39 is 29.6 Å². The monoisotopic (exact) mass is 320 g/mol. The van der Waals surface area contributed by atoms with Gasteiger partial charge >= 0.3 is 0 Å². The van der Waals surface area contributed by atoms with E-state index in [2.05, 4.69) is 5.32 Å². The van der Waals surface area contributed by atoms with Crippen molar-refractivity contribution >= 4 is 10.0 Å². The molecule has 0 saturated carbocycles. The molecule has 0 amide bonds. The molecule has 2 rings (SSSR count). The summed E-state index contributed by atoms with van der Waals surface area (Å²) in [5, 5.41) is 12.1. The fourth-order valence-corrected chi connectivity index (χ4v) is 4.16. The summed E-state index contributed by atoms with van der Waals surface area (Å²) in [5.41, 5.74) is 1.54. The fourth-order valence-electron chi connectivity index (χ4n) is 2.45. The van der Waals surface area contributed by atoms with E-state index >= 15 is 0 Å². The Morgan fingerprint density at radius 3 is 2.81 bits per heavy atom. The van der Waals surface area contributed by atoms with Crippen LogP contribution in [0, 0.1) is 0 Å². The van der Waals surface area contributed by atoms with E-state index in [1.807, 2.05) is 6.07 Å². The molecule has 21 heavy (non-hydrogen) atoms. The van der Waals surface area contributed by atoms with Crippen LogP contribution in [-0.2, 0) is 23.0 Å². The third kappa shape index (κ3) is 3.57. The molecule has 1 aromatic carbocycles. The molecule has 0 aliphatic carbocycles. The lowest BCUT2D eigenvalue weighted by Gasteiger charge is -2.25. The average molecular weight is 320 g/mol. The van der Waals surface area contributed by atoms with Crippen LogP contribution in [0.15, 0.2) is 23.1 Å². The molecule has 118 valence electrons. The van der Waals surface area contributed by atoms with Crippen molar-refractivity contribution in [1.82, 2.24) is 9.62 Å². The van der Waals surface area contributed by atoms with Crippen LogP contribution in [0.25, 0.3) is 0 Å². The molecular weight excluding hydrogens is 302 g/mol. The molecule has 8 heteroatoms. The van der Waals surface area contributed by atoms with E-state index in [0.29, 0.717) is 29.4 Å². The average Bonchev–Trinajstić information content (AvgIpc) is 2.45. The SMILES string of the molecule is O=S(=O)(c1cccc2c1CCNC2)N(CCO)CC(F)F. The van der Waals surface area contributed by atoms with Gasteiger partial charge in [-0.2, -0.15) is 4.31 Å². The number of hydrogen-bond donors (Lipinski definition) is 2. The van der Waals surface area contributed by atoms with Gasteiger partial charge in [-0.15, -0.1) is 0 Å². The quantitative estimate of drug-likeness (QED) is 0.804. The predicted octanol–water partition coefficient (Wildman–Crippen LogP) is 0.580. The minimum absolute atomic E-state index is 0.0654. The molecule has 0 aromatic heterocycles. The zero-order valence-corrected chi connectivity index (χ0v) is 12.2. The number of hydrogen-bond acceptors (Lipinski definition) is 4. The number of sulfonamides is 1. The number of rotatable bonds is 6. The molecule has 0 atom stereocenters. The molecule has 1 heterocycles. The van der Waals surface area contributed by atoms with Crippen LogP contribution in [0.5, 0.6) is 0 Å². The van der Waals surface area contributed by atoms with Crippen LogP contribution >= 0.6 is 0 Å². The Labute approximate surface area is 122 Å². The summed E-state index contributed by atoms with van der Waals surface area (Å²) in [7, 11) is -4.03. The zero-order chi connectivity index (χ0) is 15.5. The van der Waals surface area contributed by atoms with Crippen LogP contribution in [0.3, 0.4) is 0 Å². The number of nitrogens with one attached hydrogen (secondary N) is 1.